The van der Waals surface area contributed by atoms with Crippen molar-refractivity contribution in [1.82, 2.24) is 15.5 Å². The van der Waals surface area contributed by atoms with E-state index in [2.05, 4.69) is 15.5 Å². The van der Waals surface area contributed by atoms with E-state index in [1.807, 2.05) is 20.8 Å². The van der Waals surface area contributed by atoms with Gasteiger partial charge in [-0.05, 0) is 64.5 Å². The van der Waals surface area contributed by atoms with E-state index in [1.54, 1.807) is 0 Å². The number of ether oxygens (including phenoxy) is 1. The molecule has 1 heterocycles. The van der Waals surface area contributed by atoms with E-state index < -0.39 is 22.8 Å². The van der Waals surface area contributed by atoms with Gasteiger partial charge in [-0.25, -0.2) is 4.39 Å². The second kappa shape index (κ2) is 8.31. The van der Waals surface area contributed by atoms with Gasteiger partial charge in [0.15, 0.2) is 5.69 Å². The fourth-order valence-electron chi connectivity index (χ4n) is 3.58. The number of nitrogens with one attached hydrogen (secondary N) is 2. The molecule has 0 spiro atoms. The van der Waals surface area contributed by atoms with Gasteiger partial charge in [0.25, 0.3) is 5.91 Å². The lowest BCUT2D eigenvalue weighted by Crippen LogP contribution is -2.36. The predicted octanol–water partition coefficient (Wildman–Crippen LogP) is 2.94. The third kappa shape index (κ3) is 4.99. The molecule has 1 aromatic carbocycles. The number of amides is 1. The molecule has 0 unspecified atom stereocenters. The molecule has 3 rings (SSSR count). The van der Waals surface area contributed by atoms with Crippen molar-refractivity contribution < 1.29 is 18.7 Å². The summed E-state index contributed by atoms with van der Waals surface area (Å²) < 4.78 is 19.2. The van der Waals surface area contributed by atoms with Crippen LogP contribution in [0.1, 0.15) is 56.9 Å². The SMILES string of the molecule is CC(C)(C)OC(=O)C1CCC(CNC(=O)c2n[nH]c3c(F)cccc3c2=O)CC1. The van der Waals surface area contributed by atoms with Gasteiger partial charge in [-0.15, -0.1) is 0 Å². The standard InChI is InChI=1S/C21H26FN3O4/c1-21(2,3)29-20(28)13-9-7-12(8-10-13)11-23-19(27)17-18(26)14-5-4-6-15(22)16(14)24-25-17/h4-6,12-13H,7-11H2,1-3H3,(H,23,27)(H,24,26). The second-order valence-corrected chi connectivity index (χ2v) is 8.52. The van der Waals surface area contributed by atoms with Crippen LogP contribution in [0.2, 0.25) is 0 Å². The van der Waals surface area contributed by atoms with Crippen LogP contribution in [0.5, 0.6) is 0 Å². The molecular weight excluding hydrogens is 377 g/mol. The Bertz CT molecular complexity index is 972. The fraction of sp³-hybridized carbons (Fsp3) is 0.524. The minimum Gasteiger partial charge on any atom is -0.460 e. The lowest BCUT2D eigenvalue weighted by Gasteiger charge is -2.29. The Morgan fingerprint density at radius 3 is 2.59 bits per heavy atom. The summed E-state index contributed by atoms with van der Waals surface area (Å²) in [5, 5.41) is 9.02. The summed E-state index contributed by atoms with van der Waals surface area (Å²) in [6.07, 6.45) is 3.00. The van der Waals surface area contributed by atoms with Gasteiger partial charge in [0.05, 0.1) is 11.3 Å². The number of rotatable bonds is 4. The number of para-hydroxylation sites is 1. The van der Waals surface area contributed by atoms with Crippen molar-refractivity contribution >= 4 is 22.8 Å². The van der Waals surface area contributed by atoms with Gasteiger partial charge in [0.1, 0.15) is 16.9 Å². The highest BCUT2D eigenvalue weighted by atomic mass is 19.1. The van der Waals surface area contributed by atoms with E-state index in [0.717, 1.165) is 12.8 Å². The first kappa shape index (κ1) is 21.0. The number of halogens is 1. The van der Waals surface area contributed by atoms with Crippen molar-refractivity contribution in [2.45, 2.75) is 52.1 Å². The van der Waals surface area contributed by atoms with E-state index in [4.69, 9.17) is 4.74 Å². The van der Waals surface area contributed by atoms with Crippen LogP contribution in [0, 0.1) is 17.7 Å². The Balaban J connectivity index is 1.56. The van der Waals surface area contributed by atoms with E-state index in [0.29, 0.717) is 19.4 Å². The van der Waals surface area contributed by atoms with Gasteiger partial charge in [-0.2, -0.15) is 5.10 Å². The topological polar surface area (TPSA) is 101 Å². The molecular formula is C21H26FN3O4. The molecule has 8 heteroatoms. The number of carbonyl (C=O) groups excluding carboxylic acids is 2. The summed E-state index contributed by atoms with van der Waals surface area (Å²) in [4.78, 5) is 37.0. The van der Waals surface area contributed by atoms with Crippen molar-refractivity contribution in [2.75, 3.05) is 6.54 Å². The summed E-state index contributed by atoms with van der Waals surface area (Å²) in [5.74, 6) is -1.25. The quantitative estimate of drug-likeness (QED) is 0.765. The third-order valence-corrected chi connectivity index (χ3v) is 5.11. The van der Waals surface area contributed by atoms with E-state index >= 15 is 0 Å². The molecule has 0 bridgehead atoms. The highest BCUT2D eigenvalue weighted by Crippen LogP contribution is 2.30. The first-order valence-corrected chi connectivity index (χ1v) is 9.83. The molecule has 7 nitrogen and oxygen atoms in total. The van der Waals surface area contributed by atoms with Crippen LogP contribution < -0.4 is 10.7 Å². The first-order valence-electron chi connectivity index (χ1n) is 9.83. The minimum atomic E-state index is -0.607. The zero-order valence-corrected chi connectivity index (χ0v) is 16.9. The minimum absolute atomic E-state index is 0.0190. The number of fused-ring (bicyclic) bond motifs is 1. The molecule has 29 heavy (non-hydrogen) atoms. The van der Waals surface area contributed by atoms with Crippen molar-refractivity contribution in [1.29, 1.82) is 0 Å². The number of aromatic nitrogens is 2. The molecule has 2 aromatic rings. The summed E-state index contributed by atoms with van der Waals surface area (Å²) in [6, 6.07) is 4.08. The zero-order chi connectivity index (χ0) is 21.2. The molecule has 0 radical (unpaired) electrons. The zero-order valence-electron chi connectivity index (χ0n) is 16.9. The number of aromatic amines is 1. The summed E-state index contributed by atoms with van der Waals surface area (Å²) in [5.41, 5.74) is -1.41. The van der Waals surface area contributed by atoms with Gasteiger partial charge in [-0.3, -0.25) is 19.5 Å². The van der Waals surface area contributed by atoms with Crippen molar-refractivity contribution in [3.63, 3.8) is 0 Å². The maximum Gasteiger partial charge on any atom is 0.309 e. The third-order valence-electron chi connectivity index (χ3n) is 5.11. The number of esters is 1. The van der Waals surface area contributed by atoms with Gasteiger partial charge >= 0.3 is 5.97 Å². The van der Waals surface area contributed by atoms with Gasteiger partial charge < -0.3 is 10.1 Å². The number of hydrogen-bond donors (Lipinski definition) is 2. The summed E-state index contributed by atoms with van der Waals surface area (Å²) >= 11 is 0. The Hall–Kier alpha value is -2.77. The van der Waals surface area contributed by atoms with Crippen molar-refractivity contribution in [2.24, 2.45) is 11.8 Å². The molecule has 2 N–H and O–H groups in total. The van der Waals surface area contributed by atoms with Crippen LogP contribution in [-0.4, -0.2) is 34.2 Å². The Morgan fingerprint density at radius 2 is 1.93 bits per heavy atom. The highest BCUT2D eigenvalue weighted by molar-refractivity contribution is 5.95. The Morgan fingerprint density at radius 1 is 1.24 bits per heavy atom. The number of nitrogens with zero attached hydrogens (tertiary/aromatic N) is 1. The molecule has 0 atom stereocenters. The molecule has 1 aromatic heterocycles. The summed E-state index contributed by atoms with van der Waals surface area (Å²) in [7, 11) is 0. The normalized spacial score (nSPS) is 19.7. The smallest absolute Gasteiger partial charge is 0.309 e. The van der Waals surface area contributed by atoms with Crippen molar-refractivity contribution in [3.05, 3.63) is 39.9 Å². The average molecular weight is 403 g/mol. The number of carbonyl (C=O) groups is 2. The van der Waals surface area contributed by atoms with E-state index in [-0.39, 0.29) is 34.4 Å². The van der Waals surface area contributed by atoms with Gasteiger partial charge in [0.2, 0.25) is 5.43 Å². The monoisotopic (exact) mass is 403 g/mol. The Kier molecular flexibility index (Phi) is 6.00. The number of H-pyrrole nitrogens is 1. The van der Waals surface area contributed by atoms with Crippen LogP contribution >= 0.6 is 0 Å². The van der Waals surface area contributed by atoms with E-state index in [9.17, 15) is 18.8 Å². The van der Waals surface area contributed by atoms with Crippen LogP contribution in [0.4, 0.5) is 4.39 Å². The second-order valence-electron chi connectivity index (χ2n) is 8.52. The molecule has 0 saturated heterocycles. The van der Waals surface area contributed by atoms with Crippen LogP contribution in [0.25, 0.3) is 10.9 Å². The molecule has 156 valence electrons. The summed E-state index contributed by atoms with van der Waals surface area (Å²) in [6.45, 7) is 5.94. The van der Waals surface area contributed by atoms with Gasteiger partial charge in [-0.1, -0.05) is 6.07 Å². The largest absolute Gasteiger partial charge is 0.460 e. The maximum absolute atomic E-state index is 13.7. The first-order chi connectivity index (χ1) is 13.7. The van der Waals surface area contributed by atoms with Crippen LogP contribution in [0.15, 0.2) is 23.0 Å². The molecule has 1 fully saturated rings. The predicted molar refractivity (Wildman–Crippen MR) is 106 cm³/mol. The lowest BCUT2D eigenvalue weighted by molar-refractivity contribution is -0.161. The maximum atomic E-state index is 13.7. The molecule has 1 amide bonds. The fourth-order valence-corrected chi connectivity index (χ4v) is 3.58. The average Bonchev–Trinajstić information content (AvgIpc) is 2.66. The number of hydrogen-bond acceptors (Lipinski definition) is 5. The molecule has 1 aliphatic rings. The van der Waals surface area contributed by atoms with Crippen LogP contribution in [0.3, 0.4) is 0 Å². The highest BCUT2D eigenvalue weighted by Gasteiger charge is 2.30. The lowest BCUT2D eigenvalue weighted by atomic mass is 9.82. The molecule has 0 aliphatic heterocycles. The number of benzene rings is 1. The molecule has 1 saturated carbocycles. The molecule has 1 aliphatic carbocycles. The van der Waals surface area contributed by atoms with Crippen molar-refractivity contribution in [3.8, 4) is 0 Å². The van der Waals surface area contributed by atoms with E-state index in [1.165, 1.54) is 18.2 Å². The van der Waals surface area contributed by atoms with Gasteiger partial charge in [0, 0.05) is 6.54 Å². The Labute approximate surface area is 168 Å². The van der Waals surface area contributed by atoms with Crippen LogP contribution in [-0.2, 0) is 9.53 Å².